The monoisotopic (exact) mass is 341 g/mol. The number of hydrogen-bond donors (Lipinski definition) is 1. The number of hydrogen-bond acceptors (Lipinski definition) is 3. The second-order valence-corrected chi connectivity index (χ2v) is 5.74. The van der Waals surface area contributed by atoms with E-state index in [0.717, 1.165) is 11.8 Å². The average Bonchev–Trinajstić information content (AvgIpc) is 2.32. The topological polar surface area (TPSA) is 51.8 Å². The van der Waals surface area contributed by atoms with Gasteiger partial charge in [0.2, 0.25) is 0 Å². The molecule has 3 nitrogen and oxygen atoms in total. The lowest BCUT2D eigenvalue weighted by atomic mass is 10.1. The Kier molecular flexibility index (Phi) is 4.32. The lowest BCUT2D eigenvalue weighted by Gasteiger charge is -2.11. The highest BCUT2D eigenvalue weighted by atomic mass is 79.9. The third-order valence-corrected chi connectivity index (χ3v) is 3.53. The van der Waals surface area contributed by atoms with Crippen molar-refractivity contribution in [3.05, 3.63) is 40.0 Å². The Hall–Kier alpha value is -1.56. The van der Waals surface area contributed by atoms with E-state index in [1.165, 1.54) is 12.1 Å². The third-order valence-electron chi connectivity index (χ3n) is 2.67. The molecule has 6 heteroatoms. The van der Waals surface area contributed by atoms with Crippen molar-refractivity contribution in [3.8, 4) is 11.4 Å². The van der Waals surface area contributed by atoms with E-state index in [1.54, 1.807) is 0 Å². The van der Waals surface area contributed by atoms with E-state index in [-0.39, 0.29) is 17.2 Å². The van der Waals surface area contributed by atoms with Crippen LogP contribution < -0.4 is 5.73 Å². The van der Waals surface area contributed by atoms with Crippen LogP contribution in [0.1, 0.15) is 19.5 Å². The molecular weight excluding hydrogens is 328 g/mol. The molecule has 0 unspecified atom stereocenters. The molecule has 0 saturated carbocycles. The van der Waals surface area contributed by atoms with Crippen LogP contribution in [0.4, 0.5) is 14.6 Å². The highest BCUT2D eigenvalue weighted by molar-refractivity contribution is 9.10. The van der Waals surface area contributed by atoms with Gasteiger partial charge < -0.3 is 5.73 Å². The van der Waals surface area contributed by atoms with E-state index in [9.17, 15) is 8.78 Å². The van der Waals surface area contributed by atoms with Gasteiger partial charge in [-0.05, 0) is 40.4 Å². The Labute approximate surface area is 124 Å². The second kappa shape index (κ2) is 5.83. The number of halogens is 3. The van der Waals surface area contributed by atoms with Gasteiger partial charge in [-0.2, -0.15) is 0 Å². The lowest BCUT2D eigenvalue weighted by Crippen LogP contribution is -2.06. The summed E-state index contributed by atoms with van der Waals surface area (Å²) < 4.78 is 27.2. The van der Waals surface area contributed by atoms with Crippen molar-refractivity contribution >= 4 is 21.7 Å². The highest BCUT2D eigenvalue weighted by Gasteiger charge is 2.14. The summed E-state index contributed by atoms with van der Waals surface area (Å²) in [4.78, 5) is 8.43. The van der Waals surface area contributed by atoms with E-state index < -0.39 is 11.6 Å². The van der Waals surface area contributed by atoms with E-state index in [0.29, 0.717) is 16.8 Å². The van der Waals surface area contributed by atoms with Crippen molar-refractivity contribution in [1.82, 2.24) is 9.97 Å². The fourth-order valence-electron chi connectivity index (χ4n) is 1.85. The molecule has 0 aliphatic rings. The molecule has 106 valence electrons. The van der Waals surface area contributed by atoms with Crippen molar-refractivity contribution in [1.29, 1.82) is 0 Å². The first-order valence-corrected chi connectivity index (χ1v) is 6.94. The van der Waals surface area contributed by atoms with E-state index in [1.807, 2.05) is 13.8 Å². The Morgan fingerprint density at radius 1 is 1.15 bits per heavy atom. The maximum atomic E-state index is 13.3. The number of benzene rings is 1. The molecule has 0 fully saturated rings. The number of aromatic nitrogens is 2. The second-order valence-electron chi connectivity index (χ2n) is 4.95. The Bertz CT molecular complexity index is 624. The molecule has 1 heterocycles. The minimum Gasteiger partial charge on any atom is -0.383 e. The van der Waals surface area contributed by atoms with Gasteiger partial charge in [-0.3, -0.25) is 0 Å². The molecule has 0 aliphatic heterocycles. The number of anilines is 1. The van der Waals surface area contributed by atoms with Crippen molar-refractivity contribution in [3.63, 3.8) is 0 Å². The molecular formula is C14H14BrF2N3. The van der Waals surface area contributed by atoms with Crippen LogP contribution in [0.25, 0.3) is 11.4 Å². The van der Waals surface area contributed by atoms with Gasteiger partial charge in [0, 0.05) is 11.6 Å². The molecule has 2 rings (SSSR count). The summed E-state index contributed by atoms with van der Waals surface area (Å²) in [5.41, 5.74) is 6.82. The predicted octanol–water partition coefficient (Wildman–Crippen LogP) is 3.97. The van der Waals surface area contributed by atoms with Crippen LogP contribution in [0.3, 0.4) is 0 Å². The molecule has 0 saturated heterocycles. The molecule has 0 amide bonds. The molecule has 2 aromatic rings. The van der Waals surface area contributed by atoms with Gasteiger partial charge in [0.05, 0.1) is 10.2 Å². The Morgan fingerprint density at radius 3 is 2.30 bits per heavy atom. The number of nitrogens with zero attached hydrogens (tertiary/aromatic N) is 2. The van der Waals surface area contributed by atoms with Gasteiger partial charge in [-0.25, -0.2) is 18.7 Å². The minimum absolute atomic E-state index is 0.222. The quantitative estimate of drug-likeness (QED) is 0.918. The van der Waals surface area contributed by atoms with Crippen molar-refractivity contribution in [2.24, 2.45) is 5.92 Å². The Balaban J connectivity index is 2.54. The van der Waals surface area contributed by atoms with Crippen molar-refractivity contribution in [2.45, 2.75) is 20.3 Å². The summed E-state index contributed by atoms with van der Waals surface area (Å²) >= 11 is 3.35. The number of rotatable bonds is 3. The maximum absolute atomic E-state index is 13.3. The van der Waals surface area contributed by atoms with Gasteiger partial charge in [-0.1, -0.05) is 13.8 Å². The highest BCUT2D eigenvalue weighted by Crippen LogP contribution is 2.27. The van der Waals surface area contributed by atoms with E-state index in [2.05, 4.69) is 25.9 Å². The standard InChI is InChI=1S/C14H14BrF2N3/c1-7(2)3-11-12(15)13(18)20-14(19-11)8-4-9(16)6-10(17)5-8/h4-7H,3H2,1-2H3,(H2,18,19,20). The summed E-state index contributed by atoms with van der Waals surface area (Å²) in [6.07, 6.45) is 0.693. The van der Waals surface area contributed by atoms with E-state index in [4.69, 9.17) is 5.73 Å². The molecule has 0 spiro atoms. The normalized spacial score (nSPS) is 11.1. The van der Waals surface area contributed by atoms with Crippen molar-refractivity contribution in [2.75, 3.05) is 5.73 Å². The zero-order valence-electron chi connectivity index (χ0n) is 11.1. The van der Waals surface area contributed by atoms with Crippen LogP contribution in [0, 0.1) is 17.6 Å². The lowest BCUT2D eigenvalue weighted by molar-refractivity contribution is 0.583. The van der Waals surface area contributed by atoms with Crippen LogP contribution in [-0.2, 0) is 6.42 Å². The molecule has 1 aromatic heterocycles. The first-order valence-electron chi connectivity index (χ1n) is 6.15. The predicted molar refractivity (Wildman–Crippen MR) is 78.0 cm³/mol. The fraction of sp³-hybridized carbons (Fsp3) is 0.286. The summed E-state index contributed by atoms with van der Waals surface area (Å²) in [6.45, 7) is 4.10. The SMILES string of the molecule is CC(C)Cc1nc(-c2cc(F)cc(F)c2)nc(N)c1Br. The zero-order valence-corrected chi connectivity index (χ0v) is 12.7. The van der Waals surface area contributed by atoms with Gasteiger partial charge in [-0.15, -0.1) is 0 Å². The largest absolute Gasteiger partial charge is 0.383 e. The van der Waals surface area contributed by atoms with E-state index >= 15 is 0 Å². The van der Waals surface area contributed by atoms with Crippen molar-refractivity contribution < 1.29 is 8.78 Å². The molecule has 0 radical (unpaired) electrons. The fourth-order valence-corrected chi connectivity index (χ4v) is 2.19. The molecule has 0 aliphatic carbocycles. The molecule has 0 atom stereocenters. The van der Waals surface area contributed by atoms with Crippen LogP contribution in [0.2, 0.25) is 0 Å². The van der Waals surface area contributed by atoms with Crippen LogP contribution in [-0.4, -0.2) is 9.97 Å². The number of nitrogen functional groups attached to an aromatic ring is 1. The Morgan fingerprint density at radius 2 is 1.75 bits per heavy atom. The summed E-state index contributed by atoms with van der Waals surface area (Å²) in [5.74, 6) is -0.487. The van der Waals surface area contributed by atoms with Crippen LogP contribution >= 0.6 is 15.9 Å². The third kappa shape index (κ3) is 3.30. The summed E-state index contributed by atoms with van der Waals surface area (Å²) in [5, 5.41) is 0. The average molecular weight is 342 g/mol. The first-order chi connectivity index (χ1) is 9.36. The zero-order chi connectivity index (χ0) is 14.9. The maximum Gasteiger partial charge on any atom is 0.162 e. The number of nitrogens with two attached hydrogens (primary N) is 1. The summed E-state index contributed by atoms with van der Waals surface area (Å²) in [7, 11) is 0. The molecule has 2 N–H and O–H groups in total. The van der Waals surface area contributed by atoms with Gasteiger partial charge in [0.25, 0.3) is 0 Å². The van der Waals surface area contributed by atoms with Gasteiger partial charge in [0.1, 0.15) is 17.5 Å². The van der Waals surface area contributed by atoms with Crippen LogP contribution in [0.15, 0.2) is 22.7 Å². The first kappa shape index (κ1) is 14.8. The smallest absolute Gasteiger partial charge is 0.162 e. The molecule has 1 aromatic carbocycles. The molecule has 20 heavy (non-hydrogen) atoms. The minimum atomic E-state index is -0.671. The van der Waals surface area contributed by atoms with Gasteiger partial charge >= 0.3 is 0 Å². The van der Waals surface area contributed by atoms with Crippen LogP contribution in [0.5, 0.6) is 0 Å². The molecule has 0 bridgehead atoms. The summed E-state index contributed by atoms with van der Waals surface area (Å²) in [6, 6.07) is 3.18. The van der Waals surface area contributed by atoms with Gasteiger partial charge in [0.15, 0.2) is 5.82 Å².